The fourth-order valence-corrected chi connectivity index (χ4v) is 4.53. The molecule has 0 bridgehead atoms. The van der Waals surface area contributed by atoms with Gasteiger partial charge in [0.15, 0.2) is 0 Å². The van der Waals surface area contributed by atoms with Gasteiger partial charge in [-0.15, -0.1) is 11.3 Å². The summed E-state index contributed by atoms with van der Waals surface area (Å²) in [6, 6.07) is 17.8. The van der Waals surface area contributed by atoms with Gasteiger partial charge in [0.2, 0.25) is 0 Å². The van der Waals surface area contributed by atoms with Crippen molar-refractivity contribution in [3.8, 4) is 0 Å². The molecule has 0 saturated heterocycles. The molecule has 4 heteroatoms. The third kappa shape index (κ3) is 6.46. The Kier molecular flexibility index (Phi) is 8.74. The highest BCUT2D eigenvalue weighted by Gasteiger charge is 2.11. The van der Waals surface area contributed by atoms with Crippen LogP contribution in [0.3, 0.4) is 0 Å². The molecule has 0 radical (unpaired) electrons. The van der Waals surface area contributed by atoms with Crippen molar-refractivity contribution < 1.29 is 0 Å². The van der Waals surface area contributed by atoms with E-state index in [1.165, 1.54) is 32.5 Å². The Labute approximate surface area is 191 Å². The molecular formula is C27H35N3S. The van der Waals surface area contributed by atoms with E-state index in [2.05, 4.69) is 95.9 Å². The number of fused-ring (bicyclic) bond motifs is 1. The van der Waals surface area contributed by atoms with Crippen LogP contribution < -0.4 is 10.6 Å². The second kappa shape index (κ2) is 11.7. The lowest BCUT2D eigenvalue weighted by atomic mass is 10.1. The summed E-state index contributed by atoms with van der Waals surface area (Å²) in [6.07, 6.45) is 5.27. The van der Waals surface area contributed by atoms with Gasteiger partial charge in [0.25, 0.3) is 0 Å². The molecule has 3 nitrogen and oxygen atoms in total. The highest BCUT2D eigenvalue weighted by Crippen LogP contribution is 2.24. The van der Waals surface area contributed by atoms with Crippen molar-refractivity contribution in [1.82, 2.24) is 15.5 Å². The summed E-state index contributed by atoms with van der Waals surface area (Å²) in [4.78, 5) is 2.33. The summed E-state index contributed by atoms with van der Waals surface area (Å²) < 4.78 is 1.34. The maximum Gasteiger partial charge on any atom is 0.0680 e. The van der Waals surface area contributed by atoms with Gasteiger partial charge in [0, 0.05) is 35.6 Å². The minimum absolute atomic E-state index is 0.773. The molecule has 0 atom stereocenters. The van der Waals surface area contributed by atoms with E-state index in [9.17, 15) is 0 Å². The third-order valence-corrected chi connectivity index (χ3v) is 6.20. The molecule has 0 fully saturated rings. The molecule has 2 aromatic carbocycles. The first-order valence-electron chi connectivity index (χ1n) is 11.2. The second-order valence-electron chi connectivity index (χ2n) is 7.90. The van der Waals surface area contributed by atoms with Gasteiger partial charge in [0.05, 0.1) is 6.67 Å². The molecule has 3 rings (SSSR count). The molecule has 0 aliphatic carbocycles. The van der Waals surface area contributed by atoms with Gasteiger partial charge < -0.3 is 15.5 Å². The lowest BCUT2D eigenvalue weighted by Crippen LogP contribution is -2.31. The molecule has 164 valence electrons. The van der Waals surface area contributed by atoms with E-state index in [1.54, 1.807) is 11.3 Å². The molecule has 0 spiro atoms. The van der Waals surface area contributed by atoms with Gasteiger partial charge in [0.1, 0.15) is 0 Å². The molecule has 2 N–H and O–H groups in total. The van der Waals surface area contributed by atoms with Crippen molar-refractivity contribution in [2.24, 2.45) is 0 Å². The van der Waals surface area contributed by atoms with E-state index in [0.29, 0.717) is 0 Å². The second-order valence-corrected chi connectivity index (χ2v) is 8.85. The molecule has 1 heterocycles. The van der Waals surface area contributed by atoms with Crippen LogP contribution in [0.15, 0.2) is 72.3 Å². The monoisotopic (exact) mass is 433 g/mol. The first-order valence-corrected chi connectivity index (χ1v) is 12.1. The SMILES string of the molecule is C=C(Cc1ccc2sccc2c1)N(CNC)Cc1cccc(/C(=C\CC)NCCC)c1. The summed E-state index contributed by atoms with van der Waals surface area (Å²) in [5, 5.41) is 10.4. The highest BCUT2D eigenvalue weighted by atomic mass is 32.1. The summed E-state index contributed by atoms with van der Waals surface area (Å²) in [7, 11) is 1.99. The van der Waals surface area contributed by atoms with E-state index < -0.39 is 0 Å². The van der Waals surface area contributed by atoms with Crippen molar-refractivity contribution >= 4 is 27.1 Å². The van der Waals surface area contributed by atoms with Crippen molar-refractivity contribution in [2.75, 3.05) is 20.3 Å². The molecule has 3 aromatic rings. The maximum atomic E-state index is 4.43. The zero-order chi connectivity index (χ0) is 22.1. The van der Waals surface area contributed by atoms with Gasteiger partial charge in [-0.1, -0.05) is 50.8 Å². The minimum Gasteiger partial charge on any atom is -0.385 e. The fraction of sp³-hybridized carbons (Fsp3) is 0.333. The van der Waals surface area contributed by atoms with Crippen molar-refractivity contribution in [3.05, 3.63) is 89.0 Å². The summed E-state index contributed by atoms with van der Waals surface area (Å²) in [5.74, 6) is 0. The number of rotatable bonds is 12. The van der Waals surface area contributed by atoms with Crippen LogP contribution in [0.5, 0.6) is 0 Å². The van der Waals surface area contributed by atoms with Gasteiger partial charge in [-0.25, -0.2) is 0 Å². The minimum atomic E-state index is 0.773. The van der Waals surface area contributed by atoms with Gasteiger partial charge in [-0.2, -0.15) is 0 Å². The van der Waals surface area contributed by atoms with Crippen LogP contribution in [0.1, 0.15) is 43.4 Å². The van der Waals surface area contributed by atoms with Crippen LogP contribution in [0.4, 0.5) is 0 Å². The molecule has 0 amide bonds. The Morgan fingerprint density at radius 3 is 2.74 bits per heavy atom. The molecule has 0 aliphatic rings. The largest absolute Gasteiger partial charge is 0.385 e. The Hall–Kier alpha value is -2.56. The van der Waals surface area contributed by atoms with Crippen molar-refractivity contribution in [2.45, 2.75) is 39.7 Å². The predicted molar refractivity (Wildman–Crippen MR) is 137 cm³/mol. The van der Waals surface area contributed by atoms with E-state index in [-0.39, 0.29) is 0 Å². The van der Waals surface area contributed by atoms with Crippen molar-refractivity contribution in [3.63, 3.8) is 0 Å². The standard InChI is InChI=1S/C27H35N3S/c1-5-8-26(29-14-6-2)24-10-7-9-23(18-24)19-30(20-28-4)21(3)16-22-11-12-27-25(17-22)13-15-31-27/h7-13,15,17-18,28-29H,3,5-6,14,16,19-20H2,1-2,4H3/b26-8+. The van der Waals surface area contributed by atoms with Crippen LogP contribution in [0, 0.1) is 0 Å². The average Bonchev–Trinajstić information content (AvgIpc) is 3.24. The topological polar surface area (TPSA) is 27.3 Å². The number of allylic oxidation sites excluding steroid dienone is 2. The smallest absolute Gasteiger partial charge is 0.0680 e. The van der Waals surface area contributed by atoms with E-state index in [1.807, 2.05) is 7.05 Å². The van der Waals surface area contributed by atoms with Gasteiger partial charge >= 0.3 is 0 Å². The van der Waals surface area contributed by atoms with Crippen LogP contribution in [0.2, 0.25) is 0 Å². The first kappa shape index (κ1) is 23.1. The number of thiophene rings is 1. The molecular weight excluding hydrogens is 398 g/mol. The zero-order valence-electron chi connectivity index (χ0n) is 19.1. The average molecular weight is 434 g/mol. The third-order valence-electron chi connectivity index (χ3n) is 5.31. The maximum absolute atomic E-state index is 4.43. The first-order chi connectivity index (χ1) is 15.1. The normalized spacial score (nSPS) is 11.6. The predicted octanol–water partition coefficient (Wildman–Crippen LogP) is 6.39. The Balaban J connectivity index is 1.74. The lowest BCUT2D eigenvalue weighted by Gasteiger charge is -2.27. The molecule has 0 saturated carbocycles. The Morgan fingerprint density at radius 2 is 1.97 bits per heavy atom. The van der Waals surface area contributed by atoms with Crippen LogP contribution in [-0.2, 0) is 13.0 Å². The number of hydrogen-bond acceptors (Lipinski definition) is 4. The molecule has 0 aliphatic heterocycles. The van der Waals surface area contributed by atoms with E-state index >= 15 is 0 Å². The highest BCUT2D eigenvalue weighted by molar-refractivity contribution is 7.17. The molecule has 1 aromatic heterocycles. The Morgan fingerprint density at radius 1 is 1.10 bits per heavy atom. The quantitative estimate of drug-likeness (QED) is 0.324. The fourth-order valence-electron chi connectivity index (χ4n) is 3.76. The molecule has 0 unspecified atom stereocenters. The van der Waals surface area contributed by atoms with Crippen LogP contribution >= 0.6 is 11.3 Å². The Bertz CT molecular complexity index is 1020. The summed E-state index contributed by atoms with van der Waals surface area (Å²) in [5.41, 5.74) is 6.22. The van der Waals surface area contributed by atoms with Gasteiger partial charge in [-0.3, -0.25) is 0 Å². The zero-order valence-corrected chi connectivity index (χ0v) is 19.9. The number of nitrogens with zero attached hydrogens (tertiary/aromatic N) is 1. The van der Waals surface area contributed by atoms with Crippen molar-refractivity contribution in [1.29, 1.82) is 0 Å². The van der Waals surface area contributed by atoms with Crippen LogP contribution in [0.25, 0.3) is 15.8 Å². The summed E-state index contributed by atoms with van der Waals surface area (Å²) >= 11 is 1.79. The number of nitrogens with one attached hydrogen (secondary N) is 2. The number of benzene rings is 2. The number of hydrogen-bond donors (Lipinski definition) is 2. The van der Waals surface area contributed by atoms with E-state index in [0.717, 1.165) is 44.7 Å². The van der Waals surface area contributed by atoms with Crippen LogP contribution in [-0.4, -0.2) is 25.2 Å². The molecule has 31 heavy (non-hydrogen) atoms. The summed E-state index contributed by atoms with van der Waals surface area (Å²) in [6.45, 7) is 11.4. The van der Waals surface area contributed by atoms with E-state index in [4.69, 9.17) is 0 Å². The van der Waals surface area contributed by atoms with Gasteiger partial charge in [-0.05, 0) is 71.6 Å². The lowest BCUT2D eigenvalue weighted by molar-refractivity contribution is 0.314.